The number of pyridine rings is 1. The van der Waals surface area contributed by atoms with Gasteiger partial charge in [0.25, 0.3) is 5.91 Å². The zero-order chi connectivity index (χ0) is 25.6. The molecule has 1 aromatic heterocycles. The number of nitrogens with one attached hydrogen (secondary N) is 1. The molecule has 0 aliphatic carbocycles. The van der Waals surface area contributed by atoms with E-state index < -0.39 is 26.2 Å². The average molecular weight is 504 g/mol. The lowest BCUT2D eigenvalue weighted by Crippen LogP contribution is -2.40. The van der Waals surface area contributed by atoms with Crippen LogP contribution in [0.3, 0.4) is 0 Å². The first-order chi connectivity index (χ1) is 16.8. The molecule has 35 heavy (non-hydrogen) atoms. The number of rotatable bonds is 10. The Bertz CT molecular complexity index is 1280. The summed E-state index contributed by atoms with van der Waals surface area (Å²) < 4.78 is 48.5. The number of hydrogen-bond donors (Lipinski definition) is 2. The molecular formula is C23H25N3O8S. The van der Waals surface area contributed by atoms with E-state index in [-0.39, 0.29) is 33.9 Å². The van der Waals surface area contributed by atoms with Gasteiger partial charge in [-0.3, -0.25) is 15.0 Å². The fourth-order valence-corrected chi connectivity index (χ4v) is 4.87. The van der Waals surface area contributed by atoms with Crippen LogP contribution in [-0.4, -0.2) is 58.1 Å². The maximum absolute atomic E-state index is 13.7. The van der Waals surface area contributed by atoms with Crippen LogP contribution in [0.5, 0.6) is 23.0 Å². The Morgan fingerprint density at radius 1 is 1.00 bits per heavy atom. The van der Waals surface area contributed by atoms with Crippen molar-refractivity contribution in [3.63, 3.8) is 0 Å². The van der Waals surface area contributed by atoms with E-state index in [1.165, 1.54) is 52.7 Å². The van der Waals surface area contributed by atoms with Crippen molar-refractivity contribution < 1.29 is 37.4 Å². The summed E-state index contributed by atoms with van der Waals surface area (Å²) in [7, 11) is 0.954. The van der Waals surface area contributed by atoms with E-state index in [1.54, 1.807) is 24.5 Å². The van der Waals surface area contributed by atoms with Crippen LogP contribution >= 0.6 is 0 Å². The number of nitrogens with zero attached hydrogens (tertiary/aromatic N) is 2. The SMILES string of the molecule is COc1ccc(S(=O)(=O)c2c(C(=O)N(O)NCc3cccnc3)cc(OC)c(OC)c2OC)cc1. The fraction of sp³-hybridized carbons (Fsp3) is 0.217. The highest BCUT2D eigenvalue weighted by atomic mass is 32.2. The van der Waals surface area contributed by atoms with Crippen molar-refractivity contribution in [1.29, 1.82) is 0 Å². The second kappa shape index (κ2) is 11.0. The van der Waals surface area contributed by atoms with E-state index in [9.17, 15) is 18.4 Å². The molecule has 0 spiro atoms. The number of sulfone groups is 1. The standard InChI is InChI=1S/C23H25N3O8S/c1-31-16-7-9-17(10-8-16)35(29,30)22-18(12-19(32-2)20(33-3)21(22)34-4)23(27)26(28)25-14-15-6-5-11-24-13-15/h5-13,25,28H,14H2,1-4H3. The smallest absolute Gasteiger partial charge is 0.294 e. The van der Waals surface area contributed by atoms with Gasteiger partial charge in [0.2, 0.25) is 15.6 Å². The molecule has 0 bridgehead atoms. The highest BCUT2D eigenvalue weighted by molar-refractivity contribution is 7.91. The van der Waals surface area contributed by atoms with Crippen molar-refractivity contribution in [2.45, 2.75) is 16.3 Å². The Kier molecular flexibility index (Phi) is 8.12. The molecule has 0 radical (unpaired) electrons. The average Bonchev–Trinajstić information content (AvgIpc) is 2.90. The summed E-state index contributed by atoms with van der Waals surface area (Å²) in [5, 5.41) is 10.6. The van der Waals surface area contributed by atoms with Crippen molar-refractivity contribution in [3.8, 4) is 23.0 Å². The van der Waals surface area contributed by atoms with Crippen molar-refractivity contribution in [2.75, 3.05) is 28.4 Å². The van der Waals surface area contributed by atoms with E-state index in [0.717, 1.165) is 6.07 Å². The van der Waals surface area contributed by atoms with Gasteiger partial charge in [0, 0.05) is 18.9 Å². The van der Waals surface area contributed by atoms with Crippen LogP contribution in [0.15, 0.2) is 64.6 Å². The van der Waals surface area contributed by atoms with E-state index in [2.05, 4.69) is 10.4 Å². The zero-order valence-corrected chi connectivity index (χ0v) is 20.3. The predicted molar refractivity (Wildman–Crippen MR) is 124 cm³/mol. The summed E-state index contributed by atoms with van der Waals surface area (Å²) in [5.74, 6) is -0.888. The first-order valence-corrected chi connectivity index (χ1v) is 11.6. The summed E-state index contributed by atoms with van der Waals surface area (Å²) in [6.45, 7) is 0.0427. The number of hydrazine groups is 1. The molecule has 1 amide bonds. The monoisotopic (exact) mass is 503 g/mol. The number of benzene rings is 2. The molecule has 0 saturated heterocycles. The zero-order valence-electron chi connectivity index (χ0n) is 19.5. The molecule has 186 valence electrons. The highest BCUT2D eigenvalue weighted by Crippen LogP contribution is 2.46. The number of amides is 1. The van der Waals surface area contributed by atoms with Gasteiger partial charge in [-0.2, -0.15) is 0 Å². The summed E-state index contributed by atoms with van der Waals surface area (Å²) in [5.41, 5.74) is 2.78. The van der Waals surface area contributed by atoms with Crippen LogP contribution in [0, 0.1) is 0 Å². The lowest BCUT2D eigenvalue weighted by Gasteiger charge is -2.22. The minimum absolute atomic E-state index is 0.0297. The first kappa shape index (κ1) is 25.7. The van der Waals surface area contributed by atoms with Gasteiger partial charge < -0.3 is 18.9 Å². The van der Waals surface area contributed by atoms with Gasteiger partial charge in [0.15, 0.2) is 11.5 Å². The van der Waals surface area contributed by atoms with Gasteiger partial charge in [-0.25, -0.2) is 13.8 Å². The maximum Gasteiger partial charge on any atom is 0.294 e. The molecule has 1 heterocycles. The summed E-state index contributed by atoms with van der Waals surface area (Å²) in [6, 6.07) is 10.2. The minimum Gasteiger partial charge on any atom is -0.497 e. The van der Waals surface area contributed by atoms with Gasteiger partial charge in [-0.1, -0.05) is 6.07 Å². The van der Waals surface area contributed by atoms with Crippen molar-refractivity contribution in [3.05, 3.63) is 66.0 Å². The van der Waals surface area contributed by atoms with E-state index in [1.807, 2.05) is 0 Å². The third-order valence-electron chi connectivity index (χ3n) is 5.00. The molecule has 0 atom stereocenters. The van der Waals surface area contributed by atoms with Crippen LogP contribution in [-0.2, 0) is 16.4 Å². The number of ether oxygens (including phenoxy) is 4. The Morgan fingerprint density at radius 3 is 2.23 bits per heavy atom. The van der Waals surface area contributed by atoms with Crippen molar-refractivity contribution in [2.24, 2.45) is 0 Å². The van der Waals surface area contributed by atoms with Gasteiger partial charge in [-0.05, 0) is 42.0 Å². The second-order valence-electron chi connectivity index (χ2n) is 7.01. The molecule has 3 aromatic rings. The molecule has 0 aliphatic rings. The van der Waals surface area contributed by atoms with Crippen LogP contribution in [0.25, 0.3) is 0 Å². The van der Waals surface area contributed by atoms with E-state index in [0.29, 0.717) is 11.3 Å². The van der Waals surface area contributed by atoms with Gasteiger partial charge >= 0.3 is 0 Å². The Balaban J connectivity index is 2.14. The fourth-order valence-electron chi connectivity index (χ4n) is 3.28. The summed E-state index contributed by atoms with van der Waals surface area (Å²) >= 11 is 0. The van der Waals surface area contributed by atoms with Crippen molar-refractivity contribution >= 4 is 15.7 Å². The van der Waals surface area contributed by atoms with Gasteiger partial charge in [0.1, 0.15) is 10.6 Å². The largest absolute Gasteiger partial charge is 0.497 e. The maximum atomic E-state index is 13.7. The molecular weight excluding hydrogens is 478 g/mol. The molecule has 12 heteroatoms. The van der Waals surface area contributed by atoms with Gasteiger partial charge in [-0.15, -0.1) is 5.17 Å². The Labute approximate surface area is 202 Å². The number of methoxy groups -OCH3 is 4. The van der Waals surface area contributed by atoms with Crippen molar-refractivity contribution in [1.82, 2.24) is 15.6 Å². The van der Waals surface area contributed by atoms with Crippen LogP contribution in [0.4, 0.5) is 0 Å². The minimum atomic E-state index is -4.35. The third kappa shape index (κ3) is 5.29. The molecule has 2 aromatic carbocycles. The molecule has 0 saturated carbocycles. The first-order valence-electron chi connectivity index (χ1n) is 10.2. The molecule has 0 aliphatic heterocycles. The summed E-state index contributed by atoms with van der Waals surface area (Å²) in [6.07, 6.45) is 3.13. The van der Waals surface area contributed by atoms with Crippen LogP contribution in [0.2, 0.25) is 0 Å². The topological polar surface area (TPSA) is 137 Å². The second-order valence-corrected chi connectivity index (χ2v) is 8.90. The van der Waals surface area contributed by atoms with Crippen LogP contribution in [0.1, 0.15) is 15.9 Å². The van der Waals surface area contributed by atoms with E-state index in [4.69, 9.17) is 18.9 Å². The van der Waals surface area contributed by atoms with Gasteiger partial charge in [0.05, 0.1) is 38.9 Å². The molecule has 0 unspecified atom stereocenters. The number of aromatic nitrogens is 1. The third-order valence-corrected chi connectivity index (χ3v) is 6.84. The normalized spacial score (nSPS) is 11.0. The molecule has 0 fully saturated rings. The Hall–Kier alpha value is -3.87. The summed E-state index contributed by atoms with van der Waals surface area (Å²) in [4.78, 5) is 16.6. The number of hydrogen-bond acceptors (Lipinski definition) is 10. The molecule has 11 nitrogen and oxygen atoms in total. The molecule has 2 N–H and O–H groups in total. The highest BCUT2D eigenvalue weighted by Gasteiger charge is 2.35. The van der Waals surface area contributed by atoms with Crippen LogP contribution < -0.4 is 24.4 Å². The predicted octanol–water partition coefficient (Wildman–Crippen LogP) is 2.49. The Morgan fingerprint density at radius 2 is 1.69 bits per heavy atom. The lowest BCUT2D eigenvalue weighted by atomic mass is 10.1. The number of hydroxylamine groups is 1. The van der Waals surface area contributed by atoms with E-state index >= 15 is 0 Å². The number of carbonyl (C=O) groups excluding carboxylic acids is 1. The lowest BCUT2D eigenvalue weighted by molar-refractivity contribution is -0.0990. The number of carbonyl (C=O) groups is 1. The quantitative estimate of drug-likeness (QED) is 0.314. The molecule has 3 rings (SSSR count).